The maximum Gasteiger partial charge on any atom is 0.308 e. The molecule has 0 saturated heterocycles. The van der Waals surface area contributed by atoms with Crippen molar-refractivity contribution in [3.63, 3.8) is 0 Å². The summed E-state index contributed by atoms with van der Waals surface area (Å²) >= 11 is 3.05. The molecule has 0 heterocycles. The highest BCUT2D eigenvalue weighted by atomic mass is 79.9. The SMILES string of the molecule is CC(C)C(=O)OCc1cc(C(F)(F)P(=O)([O-])[O-])c(Br)c(COC(=O)C(C)C)c1CC(C(=O)c1ccccc1)c1ccccc1. The third kappa shape index (κ3) is 8.27. The van der Waals surface area contributed by atoms with Gasteiger partial charge in [-0.15, -0.1) is 0 Å². The number of ether oxygens (including phenoxy) is 2. The second-order valence-electron chi connectivity index (χ2n) is 10.8. The molecular weight excluding hydrogens is 661 g/mol. The van der Waals surface area contributed by atoms with Crippen molar-refractivity contribution in [3.8, 4) is 0 Å². The largest absolute Gasteiger partial charge is 0.806 e. The molecule has 0 aromatic heterocycles. The van der Waals surface area contributed by atoms with Gasteiger partial charge in [0.05, 0.1) is 17.8 Å². The third-order valence-corrected chi connectivity index (χ3v) is 8.73. The van der Waals surface area contributed by atoms with Crippen LogP contribution in [0.15, 0.2) is 71.2 Å². The summed E-state index contributed by atoms with van der Waals surface area (Å²) in [5, 5.41) is 0. The number of benzene rings is 3. The summed E-state index contributed by atoms with van der Waals surface area (Å²) in [4.78, 5) is 62.2. The van der Waals surface area contributed by atoms with Crippen molar-refractivity contribution >= 4 is 41.2 Å². The highest BCUT2D eigenvalue weighted by Crippen LogP contribution is 2.56. The van der Waals surface area contributed by atoms with E-state index in [0.29, 0.717) is 11.1 Å². The molecule has 1 unspecified atom stereocenters. The zero-order valence-corrected chi connectivity index (χ0v) is 27.0. The van der Waals surface area contributed by atoms with E-state index in [1.165, 1.54) is 0 Å². The number of ketones is 1. The van der Waals surface area contributed by atoms with Crippen LogP contribution in [0.1, 0.15) is 71.8 Å². The summed E-state index contributed by atoms with van der Waals surface area (Å²) in [5.74, 6) is -3.71. The van der Waals surface area contributed by atoms with Crippen molar-refractivity contribution in [3.05, 3.63) is 105 Å². The van der Waals surface area contributed by atoms with Gasteiger partial charge in [-0.3, -0.25) is 14.4 Å². The Bertz CT molecular complexity index is 1540. The number of alkyl halides is 2. The molecule has 12 heteroatoms. The van der Waals surface area contributed by atoms with Gasteiger partial charge in [-0.2, -0.15) is 8.78 Å². The van der Waals surface area contributed by atoms with E-state index in [4.69, 9.17) is 9.47 Å². The first-order chi connectivity index (χ1) is 20.6. The molecule has 0 aliphatic carbocycles. The number of rotatable bonds is 13. The molecule has 0 spiro atoms. The zero-order chi connectivity index (χ0) is 32.8. The minimum Gasteiger partial charge on any atom is -0.806 e. The minimum atomic E-state index is -6.54. The lowest BCUT2D eigenvalue weighted by molar-refractivity contribution is -0.335. The predicted octanol–water partition coefficient (Wildman–Crippen LogP) is 6.02. The van der Waals surface area contributed by atoms with Gasteiger partial charge in [-0.1, -0.05) is 88.4 Å². The quantitative estimate of drug-likeness (QED) is 0.121. The average molecular weight is 693 g/mol. The van der Waals surface area contributed by atoms with Crippen molar-refractivity contribution in [2.24, 2.45) is 11.8 Å². The molecule has 0 radical (unpaired) electrons. The predicted molar refractivity (Wildman–Crippen MR) is 159 cm³/mol. The van der Waals surface area contributed by atoms with Gasteiger partial charge in [0.1, 0.15) is 13.2 Å². The second kappa shape index (κ2) is 14.7. The molecule has 44 heavy (non-hydrogen) atoms. The Morgan fingerprint density at radius 3 is 1.84 bits per heavy atom. The molecular formula is C32H32BrF2O8P-2. The van der Waals surface area contributed by atoms with Gasteiger partial charge in [0, 0.05) is 28.8 Å². The highest BCUT2D eigenvalue weighted by Gasteiger charge is 2.40. The van der Waals surface area contributed by atoms with Crippen LogP contribution >= 0.6 is 23.5 Å². The number of carbonyl (C=O) groups excluding carboxylic acids is 3. The molecule has 236 valence electrons. The first-order valence-corrected chi connectivity index (χ1v) is 16.1. The zero-order valence-electron chi connectivity index (χ0n) is 24.6. The maximum atomic E-state index is 15.2. The van der Waals surface area contributed by atoms with E-state index in [2.05, 4.69) is 15.9 Å². The summed E-state index contributed by atoms with van der Waals surface area (Å²) in [6.07, 6.45) is -0.141. The van der Waals surface area contributed by atoms with E-state index in [-0.39, 0.29) is 28.9 Å². The lowest BCUT2D eigenvalue weighted by Gasteiger charge is -2.39. The molecule has 3 rings (SSSR count). The van der Waals surface area contributed by atoms with Gasteiger partial charge < -0.3 is 23.8 Å². The minimum absolute atomic E-state index is 0.0808. The molecule has 3 aromatic rings. The summed E-state index contributed by atoms with van der Waals surface area (Å²) < 4.78 is 52.3. The molecule has 0 amide bonds. The Balaban J connectivity index is 2.32. The first kappa shape index (κ1) is 35.2. The first-order valence-electron chi connectivity index (χ1n) is 13.8. The van der Waals surface area contributed by atoms with Gasteiger partial charge in [0.2, 0.25) is 0 Å². The Morgan fingerprint density at radius 2 is 1.34 bits per heavy atom. The van der Waals surface area contributed by atoms with E-state index in [9.17, 15) is 28.7 Å². The maximum absolute atomic E-state index is 15.2. The van der Waals surface area contributed by atoms with Crippen LogP contribution in [0.5, 0.6) is 0 Å². The van der Waals surface area contributed by atoms with Gasteiger partial charge in [0.15, 0.2) is 5.78 Å². The Labute approximate surface area is 263 Å². The number of carbonyl (C=O) groups is 3. The average Bonchev–Trinajstić information content (AvgIpc) is 2.98. The number of esters is 2. The molecule has 0 aliphatic heterocycles. The van der Waals surface area contributed by atoms with Gasteiger partial charge in [0.25, 0.3) is 5.66 Å². The number of hydrogen-bond acceptors (Lipinski definition) is 8. The van der Waals surface area contributed by atoms with E-state index in [1.54, 1.807) is 88.4 Å². The lowest BCUT2D eigenvalue weighted by Crippen LogP contribution is -2.31. The standard InChI is InChI=1S/C32H34BrF2O8P/c1-19(2)30(37)42-17-23-15-27(32(34,35)44(39,40)41)28(33)26(18-43-31(38)20(3)4)24(23)16-25(21-11-7-5-8-12-21)29(36)22-13-9-6-10-14-22/h5-15,19-20,25H,16-18H2,1-4H3,(H2,39,40,41)/p-2. The molecule has 0 saturated carbocycles. The number of halogens is 3. The van der Waals surface area contributed by atoms with Crippen LogP contribution < -0.4 is 9.79 Å². The van der Waals surface area contributed by atoms with E-state index in [0.717, 1.165) is 6.07 Å². The van der Waals surface area contributed by atoms with Gasteiger partial charge in [-0.25, -0.2) is 0 Å². The van der Waals surface area contributed by atoms with E-state index < -0.39 is 66.2 Å². The van der Waals surface area contributed by atoms with Crippen molar-refractivity contribution in [2.45, 2.75) is 58.9 Å². The fourth-order valence-electron chi connectivity index (χ4n) is 4.39. The van der Waals surface area contributed by atoms with Gasteiger partial charge >= 0.3 is 11.9 Å². The summed E-state index contributed by atoms with van der Waals surface area (Å²) in [7, 11) is -6.54. The third-order valence-electron chi connectivity index (χ3n) is 6.90. The summed E-state index contributed by atoms with van der Waals surface area (Å²) in [6.45, 7) is 5.07. The molecule has 3 aromatic carbocycles. The van der Waals surface area contributed by atoms with Gasteiger partial charge in [-0.05, 0) is 45.1 Å². The summed E-state index contributed by atoms with van der Waals surface area (Å²) in [5.41, 5.74) is -5.09. The Morgan fingerprint density at radius 1 is 0.841 bits per heavy atom. The van der Waals surface area contributed by atoms with Crippen molar-refractivity contribution in [1.29, 1.82) is 0 Å². The smallest absolute Gasteiger partial charge is 0.308 e. The molecule has 0 bridgehead atoms. The fourth-order valence-corrected chi connectivity index (χ4v) is 5.74. The van der Waals surface area contributed by atoms with Crippen molar-refractivity contribution < 1.29 is 47.0 Å². The fraction of sp³-hybridized carbons (Fsp3) is 0.344. The molecule has 8 nitrogen and oxygen atoms in total. The van der Waals surface area contributed by atoms with Crippen LogP contribution in [0, 0.1) is 11.8 Å². The highest BCUT2D eigenvalue weighted by molar-refractivity contribution is 9.10. The second-order valence-corrected chi connectivity index (χ2v) is 13.2. The molecule has 0 N–H and O–H groups in total. The Kier molecular flexibility index (Phi) is 11.8. The van der Waals surface area contributed by atoms with Crippen LogP contribution in [0.3, 0.4) is 0 Å². The number of Topliss-reactive ketones (excluding diaryl/α,β-unsaturated/α-hetero) is 1. The number of hydrogen-bond donors (Lipinski definition) is 0. The Hall–Kier alpha value is -3.24. The van der Waals surface area contributed by atoms with E-state index in [1.807, 2.05) is 0 Å². The van der Waals surface area contributed by atoms with Crippen molar-refractivity contribution in [1.82, 2.24) is 0 Å². The van der Waals surface area contributed by atoms with Crippen molar-refractivity contribution in [2.75, 3.05) is 0 Å². The topological polar surface area (TPSA) is 133 Å². The van der Waals surface area contributed by atoms with Crippen LogP contribution in [0.2, 0.25) is 0 Å². The van der Waals surface area contributed by atoms with E-state index >= 15 is 8.78 Å². The van der Waals surface area contributed by atoms with Crippen LogP contribution in [-0.2, 0) is 48.9 Å². The van der Waals surface area contributed by atoms with Crippen LogP contribution in [-0.4, -0.2) is 17.7 Å². The lowest BCUT2D eigenvalue weighted by atomic mass is 9.82. The molecule has 0 aliphatic rings. The van der Waals surface area contributed by atoms with Crippen LogP contribution in [0.4, 0.5) is 8.78 Å². The molecule has 1 atom stereocenters. The molecule has 0 fully saturated rings. The normalized spacial score (nSPS) is 12.7. The monoisotopic (exact) mass is 692 g/mol. The van der Waals surface area contributed by atoms with Crippen LogP contribution in [0.25, 0.3) is 0 Å². The summed E-state index contributed by atoms with van der Waals surface area (Å²) in [6, 6.07) is 17.9.